The molecule has 2 saturated heterocycles. The van der Waals surface area contributed by atoms with E-state index in [1.54, 1.807) is 0 Å². The van der Waals surface area contributed by atoms with E-state index in [0.717, 1.165) is 50.4 Å². The molecule has 2 fully saturated rings. The van der Waals surface area contributed by atoms with E-state index in [2.05, 4.69) is 65.4 Å². The molecule has 0 saturated carbocycles. The number of likely N-dealkylation sites (tertiary alicyclic amines) is 2. The van der Waals surface area contributed by atoms with Crippen LogP contribution in [-0.2, 0) is 9.59 Å². The first-order valence-electron chi connectivity index (χ1n) is 13.6. The first kappa shape index (κ1) is 32.9. The lowest BCUT2D eigenvalue weighted by atomic mass is 9.81. The maximum Gasteiger partial charge on any atom is 0.303 e. The summed E-state index contributed by atoms with van der Waals surface area (Å²) in [5.41, 5.74) is 0.858. The molecule has 0 radical (unpaired) electrons. The van der Waals surface area contributed by atoms with Crippen molar-refractivity contribution >= 4 is 11.9 Å². The van der Waals surface area contributed by atoms with Gasteiger partial charge in [-0.15, -0.1) is 0 Å². The van der Waals surface area contributed by atoms with Gasteiger partial charge >= 0.3 is 11.9 Å². The molecular formula is C28H56N2O4. The molecule has 0 bridgehead atoms. The Balaban J connectivity index is 0.000000489. The number of piperidine rings is 2. The average molecular weight is 485 g/mol. The Hall–Kier alpha value is -1.14. The summed E-state index contributed by atoms with van der Waals surface area (Å²) in [6.07, 6.45) is 11.4. The topological polar surface area (TPSA) is 81.1 Å². The van der Waals surface area contributed by atoms with Gasteiger partial charge in [-0.25, -0.2) is 0 Å². The first-order valence-corrected chi connectivity index (χ1v) is 13.6. The zero-order valence-electron chi connectivity index (χ0n) is 23.7. The van der Waals surface area contributed by atoms with Crippen LogP contribution < -0.4 is 0 Å². The molecular weight excluding hydrogens is 428 g/mol. The second-order valence-corrected chi connectivity index (χ2v) is 11.6. The summed E-state index contributed by atoms with van der Waals surface area (Å²) < 4.78 is 0. The monoisotopic (exact) mass is 484 g/mol. The van der Waals surface area contributed by atoms with E-state index in [-0.39, 0.29) is 12.8 Å². The lowest BCUT2D eigenvalue weighted by Crippen LogP contribution is -2.49. The second kappa shape index (κ2) is 16.5. The summed E-state index contributed by atoms with van der Waals surface area (Å²) in [5.74, 6) is 0.226. The smallest absolute Gasteiger partial charge is 0.303 e. The number of nitrogens with zero attached hydrogens (tertiary/aromatic N) is 2. The number of hydrogen-bond donors (Lipinski definition) is 2. The van der Waals surface area contributed by atoms with Crippen molar-refractivity contribution in [1.82, 2.24) is 9.80 Å². The van der Waals surface area contributed by atoms with E-state index in [9.17, 15) is 9.59 Å². The summed E-state index contributed by atoms with van der Waals surface area (Å²) in [6, 6.07) is 0. The zero-order valence-corrected chi connectivity index (χ0v) is 23.7. The van der Waals surface area contributed by atoms with Gasteiger partial charge in [-0.2, -0.15) is 0 Å². The molecule has 2 atom stereocenters. The fraction of sp³-hybridized carbons (Fsp3) is 0.929. The molecule has 0 amide bonds. The normalized spacial score (nSPS) is 24.2. The Labute approximate surface area is 210 Å². The Kier molecular flexibility index (Phi) is 16.0. The van der Waals surface area contributed by atoms with Gasteiger partial charge < -0.3 is 20.0 Å². The molecule has 2 rings (SSSR count). The third-order valence-corrected chi connectivity index (χ3v) is 8.67. The minimum Gasteiger partial charge on any atom is -0.481 e. The minimum absolute atomic E-state index is 0.245. The van der Waals surface area contributed by atoms with Crippen LogP contribution in [0.25, 0.3) is 0 Å². The van der Waals surface area contributed by atoms with Crippen LogP contribution in [-0.4, -0.2) is 70.2 Å². The maximum atomic E-state index is 10.1. The molecule has 0 aromatic heterocycles. The molecule has 2 unspecified atom stereocenters. The van der Waals surface area contributed by atoms with Gasteiger partial charge in [0.2, 0.25) is 0 Å². The van der Waals surface area contributed by atoms with Crippen molar-refractivity contribution in [3.05, 3.63) is 0 Å². The van der Waals surface area contributed by atoms with Crippen LogP contribution in [0.2, 0.25) is 0 Å². The number of carboxylic acids is 2. The van der Waals surface area contributed by atoms with Crippen molar-refractivity contribution in [2.45, 2.75) is 130 Å². The zero-order chi connectivity index (χ0) is 26.4. The highest BCUT2D eigenvalue weighted by molar-refractivity contribution is 5.66. The molecule has 2 heterocycles. The molecule has 0 aromatic rings. The summed E-state index contributed by atoms with van der Waals surface area (Å²) in [6.45, 7) is 16.6. The molecule has 0 aliphatic carbocycles. The molecule has 2 N–H and O–H groups in total. The third kappa shape index (κ3) is 13.1. The van der Waals surface area contributed by atoms with Gasteiger partial charge in [0.1, 0.15) is 0 Å². The Bertz CT molecular complexity index is 503. The van der Waals surface area contributed by atoms with Gasteiger partial charge in [-0.1, -0.05) is 39.5 Å². The molecule has 34 heavy (non-hydrogen) atoms. The van der Waals surface area contributed by atoms with Gasteiger partial charge in [-0.3, -0.25) is 9.59 Å². The highest BCUT2D eigenvalue weighted by Gasteiger charge is 2.33. The number of carbonyl (C=O) groups is 2. The summed E-state index contributed by atoms with van der Waals surface area (Å²) in [4.78, 5) is 25.2. The number of unbranched alkanes of at least 4 members (excludes halogenated alkanes) is 5. The highest BCUT2D eigenvalue weighted by Crippen LogP contribution is 2.31. The fourth-order valence-electron chi connectivity index (χ4n) is 4.56. The van der Waals surface area contributed by atoms with Gasteiger partial charge in [0.05, 0.1) is 0 Å². The first-order chi connectivity index (χ1) is 15.7. The SMILES string of the molecule is CC1CCCN(C)C1(C)C.CC1CCCN(C)C1(C)C.O=C(O)CCCCCCCCC(=O)O. The van der Waals surface area contributed by atoms with Crippen molar-refractivity contribution in [1.29, 1.82) is 0 Å². The van der Waals surface area contributed by atoms with Gasteiger partial charge in [0.15, 0.2) is 0 Å². The Morgan fingerprint density at radius 2 is 0.971 bits per heavy atom. The number of hydrogen-bond acceptors (Lipinski definition) is 4. The number of rotatable bonds is 9. The van der Waals surface area contributed by atoms with Crippen LogP contribution in [0.15, 0.2) is 0 Å². The predicted molar refractivity (Wildman–Crippen MR) is 142 cm³/mol. The lowest BCUT2D eigenvalue weighted by Gasteiger charge is -2.44. The van der Waals surface area contributed by atoms with Crippen LogP contribution in [0, 0.1) is 11.8 Å². The van der Waals surface area contributed by atoms with Crippen LogP contribution in [0.5, 0.6) is 0 Å². The van der Waals surface area contributed by atoms with E-state index >= 15 is 0 Å². The molecule has 0 aromatic carbocycles. The summed E-state index contributed by atoms with van der Waals surface area (Å²) in [7, 11) is 4.46. The lowest BCUT2D eigenvalue weighted by molar-refractivity contribution is -0.138. The summed E-state index contributed by atoms with van der Waals surface area (Å²) in [5, 5.41) is 16.7. The van der Waals surface area contributed by atoms with Gasteiger partial charge in [0.25, 0.3) is 0 Å². The largest absolute Gasteiger partial charge is 0.481 e. The van der Waals surface area contributed by atoms with E-state index in [1.807, 2.05) is 0 Å². The minimum atomic E-state index is -0.740. The van der Waals surface area contributed by atoms with Crippen molar-refractivity contribution in [2.24, 2.45) is 11.8 Å². The van der Waals surface area contributed by atoms with Crippen molar-refractivity contribution in [3.8, 4) is 0 Å². The number of carboxylic acid groups (broad SMARTS) is 2. The van der Waals surface area contributed by atoms with Crippen molar-refractivity contribution in [3.63, 3.8) is 0 Å². The van der Waals surface area contributed by atoms with Crippen LogP contribution >= 0.6 is 0 Å². The molecule has 0 spiro atoms. The second-order valence-electron chi connectivity index (χ2n) is 11.6. The Morgan fingerprint density at radius 1 is 0.676 bits per heavy atom. The van der Waals surface area contributed by atoms with E-state index < -0.39 is 11.9 Å². The van der Waals surface area contributed by atoms with Crippen LogP contribution in [0.1, 0.15) is 119 Å². The fourth-order valence-corrected chi connectivity index (χ4v) is 4.56. The highest BCUT2D eigenvalue weighted by atomic mass is 16.4. The number of aliphatic carboxylic acids is 2. The average Bonchev–Trinajstić information content (AvgIpc) is 2.73. The third-order valence-electron chi connectivity index (χ3n) is 8.67. The molecule has 202 valence electrons. The predicted octanol–water partition coefficient (Wildman–Crippen LogP) is 6.53. The molecule has 2 aliphatic heterocycles. The summed E-state index contributed by atoms with van der Waals surface area (Å²) >= 11 is 0. The standard InChI is InChI=1S/C10H18O4.2C9H19N/c11-9(12)7-5-3-1-2-4-6-8-10(13)14;2*1-8-6-5-7-10(4)9(8,2)3/h1-8H2,(H,11,12)(H,13,14);2*8H,5-7H2,1-4H3. The van der Waals surface area contributed by atoms with Crippen LogP contribution in [0.4, 0.5) is 0 Å². The maximum absolute atomic E-state index is 10.1. The van der Waals surface area contributed by atoms with Crippen molar-refractivity contribution in [2.75, 3.05) is 27.2 Å². The molecule has 2 aliphatic rings. The quantitative estimate of drug-likeness (QED) is 0.362. The van der Waals surface area contributed by atoms with Gasteiger partial charge in [-0.05, 0) is 105 Å². The van der Waals surface area contributed by atoms with E-state index in [4.69, 9.17) is 10.2 Å². The Morgan fingerprint density at radius 3 is 1.21 bits per heavy atom. The molecule has 6 heteroatoms. The van der Waals surface area contributed by atoms with Crippen molar-refractivity contribution < 1.29 is 19.8 Å². The van der Waals surface area contributed by atoms with Crippen LogP contribution in [0.3, 0.4) is 0 Å². The van der Waals surface area contributed by atoms with E-state index in [0.29, 0.717) is 11.1 Å². The van der Waals surface area contributed by atoms with Gasteiger partial charge in [0, 0.05) is 23.9 Å². The molecule has 6 nitrogen and oxygen atoms in total. The van der Waals surface area contributed by atoms with E-state index in [1.165, 1.54) is 38.8 Å².